The van der Waals surface area contributed by atoms with Crippen molar-refractivity contribution in [1.29, 1.82) is 0 Å². The molecule has 0 aliphatic carbocycles. The van der Waals surface area contributed by atoms with E-state index in [0.29, 0.717) is 16.8 Å². The van der Waals surface area contributed by atoms with Crippen LogP contribution in [0.2, 0.25) is 0 Å². The second-order valence-corrected chi connectivity index (χ2v) is 8.50. The molecule has 0 bridgehead atoms. The molecule has 35 heavy (non-hydrogen) atoms. The lowest BCUT2D eigenvalue weighted by atomic mass is 10.0. The number of fused-ring (bicyclic) bond motifs is 3. The Morgan fingerprint density at radius 1 is 0.857 bits per heavy atom. The molecule has 0 N–H and O–H groups in total. The number of piperazine rings is 1. The van der Waals surface area contributed by atoms with Gasteiger partial charge >= 0.3 is 0 Å². The van der Waals surface area contributed by atoms with E-state index in [9.17, 15) is 4.79 Å². The van der Waals surface area contributed by atoms with Crippen molar-refractivity contribution in [2.75, 3.05) is 43.1 Å². The number of anilines is 2. The zero-order valence-corrected chi connectivity index (χ0v) is 19.3. The number of para-hydroxylation sites is 2. The Morgan fingerprint density at radius 2 is 1.60 bits per heavy atom. The minimum Gasteiger partial charge on any atom is -0.495 e. The number of methoxy groups -OCH3 is 1. The molecule has 3 aromatic carbocycles. The summed E-state index contributed by atoms with van der Waals surface area (Å²) in [7, 11) is 1.70. The molecule has 0 saturated carbocycles. The smallest absolute Gasteiger partial charge is 0.204 e. The Labute approximate surface area is 202 Å². The molecule has 1 saturated heterocycles. The van der Waals surface area contributed by atoms with Crippen molar-refractivity contribution in [3.05, 3.63) is 90.3 Å². The minimum atomic E-state index is -0.0229. The Kier molecular flexibility index (Phi) is 5.25. The molecule has 0 unspecified atom stereocenters. The minimum absolute atomic E-state index is 0.0229. The molecule has 1 aliphatic rings. The first-order valence-corrected chi connectivity index (χ1v) is 11.6. The van der Waals surface area contributed by atoms with E-state index in [2.05, 4.69) is 26.1 Å². The van der Waals surface area contributed by atoms with Crippen molar-refractivity contribution in [3.8, 4) is 5.75 Å². The molecule has 0 spiro atoms. The maximum absolute atomic E-state index is 13.0. The summed E-state index contributed by atoms with van der Waals surface area (Å²) in [5.74, 6) is 1.66. The highest BCUT2D eigenvalue weighted by Gasteiger charge is 2.24. The van der Waals surface area contributed by atoms with Gasteiger partial charge in [0.05, 0.1) is 23.8 Å². The number of carbonyl (C=O) groups is 1. The van der Waals surface area contributed by atoms with Gasteiger partial charge in [0.15, 0.2) is 11.6 Å². The quantitative estimate of drug-likeness (QED) is 0.366. The van der Waals surface area contributed by atoms with Crippen LogP contribution in [0.4, 0.5) is 11.5 Å². The maximum Gasteiger partial charge on any atom is 0.204 e. The lowest BCUT2D eigenvalue weighted by molar-refractivity contribution is 0.103. The van der Waals surface area contributed by atoms with Gasteiger partial charge in [-0.2, -0.15) is 0 Å². The summed E-state index contributed by atoms with van der Waals surface area (Å²) in [4.78, 5) is 22.5. The highest BCUT2D eigenvalue weighted by Crippen LogP contribution is 2.30. The number of benzene rings is 3. The van der Waals surface area contributed by atoms with Crippen LogP contribution in [0.1, 0.15) is 15.9 Å². The van der Waals surface area contributed by atoms with Gasteiger partial charge in [0.1, 0.15) is 12.1 Å². The zero-order chi connectivity index (χ0) is 23.8. The van der Waals surface area contributed by atoms with Gasteiger partial charge in [0.2, 0.25) is 5.65 Å². The van der Waals surface area contributed by atoms with Crippen LogP contribution in [-0.4, -0.2) is 58.7 Å². The first-order valence-electron chi connectivity index (χ1n) is 11.6. The largest absolute Gasteiger partial charge is 0.495 e. The van der Waals surface area contributed by atoms with Gasteiger partial charge in [-0.25, -0.2) is 4.98 Å². The van der Waals surface area contributed by atoms with E-state index in [1.54, 1.807) is 13.4 Å². The summed E-state index contributed by atoms with van der Waals surface area (Å²) in [5.41, 5.74) is 4.66. The number of rotatable bonds is 5. The number of carbonyl (C=O) groups excluding carboxylic acids is 1. The molecule has 0 radical (unpaired) electrons. The number of hydrogen-bond acceptors (Lipinski definition) is 7. The fourth-order valence-corrected chi connectivity index (χ4v) is 4.70. The Hall–Kier alpha value is -4.46. The van der Waals surface area contributed by atoms with E-state index in [1.165, 1.54) is 0 Å². The lowest BCUT2D eigenvalue weighted by Gasteiger charge is -2.37. The molecule has 1 aliphatic heterocycles. The highest BCUT2D eigenvalue weighted by molar-refractivity contribution is 6.10. The molecular formula is C27H24N6O2. The summed E-state index contributed by atoms with van der Waals surface area (Å²) < 4.78 is 7.47. The number of ether oxygens (including phenoxy) is 1. The fourth-order valence-electron chi connectivity index (χ4n) is 4.70. The van der Waals surface area contributed by atoms with Crippen LogP contribution in [0.15, 0.2) is 79.1 Å². The van der Waals surface area contributed by atoms with E-state index in [-0.39, 0.29) is 5.78 Å². The summed E-state index contributed by atoms with van der Waals surface area (Å²) >= 11 is 0. The third-order valence-corrected chi connectivity index (χ3v) is 6.51. The van der Waals surface area contributed by atoms with Crippen LogP contribution in [0.25, 0.3) is 16.7 Å². The average Bonchev–Trinajstić information content (AvgIpc) is 3.43. The van der Waals surface area contributed by atoms with Crippen LogP contribution in [-0.2, 0) is 0 Å². The van der Waals surface area contributed by atoms with E-state index in [4.69, 9.17) is 9.72 Å². The number of aromatic nitrogens is 4. The first-order chi connectivity index (χ1) is 17.2. The van der Waals surface area contributed by atoms with Crippen LogP contribution in [0, 0.1) is 0 Å². The molecule has 5 aromatic rings. The summed E-state index contributed by atoms with van der Waals surface area (Å²) in [6.45, 7) is 3.27. The highest BCUT2D eigenvalue weighted by atomic mass is 16.5. The molecule has 2 aromatic heterocycles. The van der Waals surface area contributed by atoms with Crippen molar-refractivity contribution >= 4 is 34.0 Å². The number of ketones is 1. The maximum atomic E-state index is 13.0. The van der Waals surface area contributed by atoms with Crippen molar-refractivity contribution in [2.45, 2.75) is 0 Å². The van der Waals surface area contributed by atoms with Gasteiger partial charge in [-0.3, -0.25) is 9.20 Å². The topological polar surface area (TPSA) is 75.9 Å². The second kappa shape index (κ2) is 8.72. The lowest BCUT2D eigenvalue weighted by Crippen LogP contribution is -2.47. The summed E-state index contributed by atoms with van der Waals surface area (Å²) in [6, 6.07) is 23.0. The van der Waals surface area contributed by atoms with Crippen molar-refractivity contribution in [1.82, 2.24) is 19.6 Å². The monoisotopic (exact) mass is 464 g/mol. The molecule has 0 atom stereocenters. The van der Waals surface area contributed by atoms with Crippen molar-refractivity contribution in [2.24, 2.45) is 0 Å². The molecule has 174 valence electrons. The first kappa shape index (κ1) is 21.1. The third kappa shape index (κ3) is 3.73. The van der Waals surface area contributed by atoms with E-state index < -0.39 is 0 Å². The predicted octanol–water partition coefficient (Wildman–Crippen LogP) is 3.84. The zero-order valence-electron chi connectivity index (χ0n) is 19.3. The van der Waals surface area contributed by atoms with Gasteiger partial charge in [0, 0.05) is 37.3 Å². The standard InChI is InChI=1S/C27H24N6O2/c1-35-24-10-6-5-9-22(24)31-13-15-32(16-14-31)26-27-30-28-18-33(27)23-17-20(11-12-21(23)29-26)25(34)19-7-3-2-4-8-19/h2-12,17-18H,13-16H2,1H3. The van der Waals surface area contributed by atoms with Crippen LogP contribution < -0.4 is 14.5 Å². The summed E-state index contributed by atoms with van der Waals surface area (Å²) in [5, 5.41) is 8.53. The SMILES string of the molecule is COc1ccccc1N1CCN(c2nc3ccc(C(=O)c4ccccc4)cc3n3cnnc23)CC1. The molecule has 8 heteroatoms. The molecule has 1 fully saturated rings. The third-order valence-electron chi connectivity index (χ3n) is 6.51. The molecule has 6 rings (SSSR count). The van der Waals surface area contributed by atoms with Gasteiger partial charge in [-0.15, -0.1) is 10.2 Å². The van der Waals surface area contributed by atoms with Crippen LogP contribution >= 0.6 is 0 Å². The second-order valence-electron chi connectivity index (χ2n) is 8.50. The van der Waals surface area contributed by atoms with Crippen LogP contribution in [0.5, 0.6) is 5.75 Å². The molecule has 3 heterocycles. The molecule has 0 amide bonds. The van der Waals surface area contributed by atoms with Crippen molar-refractivity contribution in [3.63, 3.8) is 0 Å². The Balaban J connectivity index is 1.32. The average molecular weight is 465 g/mol. The van der Waals surface area contributed by atoms with Crippen LogP contribution in [0.3, 0.4) is 0 Å². The van der Waals surface area contributed by atoms with E-state index >= 15 is 0 Å². The van der Waals surface area contributed by atoms with Gasteiger partial charge < -0.3 is 14.5 Å². The Bertz CT molecular complexity index is 1520. The number of nitrogens with zero attached hydrogens (tertiary/aromatic N) is 6. The van der Waals surface area contributed by atoms with Gasteiger partial charge in [-0.1, -0.05) is 42.5 Å². The summed E-state index contributed by atoms with van der Waals surface area (Å²) in [6.07, 6.45) is 1.69. The Morgan fingerprint density at radius 3 is 2.40 bits per heavy atom. The predicted molar refractivity (Wildman–Crippen MR) is 136 cm³/mol. The normalized spacial score (nSPS) is 14.0. The van der Waals surface area contributed by atoms with E-state index in [0.717, 1.165) is 54.5 Å². The molecular weight excluding hydrogens is 440 g/mol. The van der Waals surface area contributed by atoms with Crippen molar-refractivity contribution < 1.29 is 9.53 Å². The number of hydrogen-bond donors (Lipinski definition) is 0. The van der Waals surface area contributed by atoms with E-state index in [1.807, 2.05) is 71.1 Å². The van der Waals surface area contributed by atoms with Gasteiger partial charge in [-0.05, 0) is 30.3 Å². The fraction of sp³-hybridized carbons (Fsp3) is 0.185. The van der Waals surface area contributed by atoms with Gasteiger partial charge in [0.25, 0.3) is 0 Å². The molecule has 8 nitrogen and oxygen atoms in total.